The van der Waals surface area contributed by atoms with Crippen molar-refractivity contribution in [3.05, 3.63) is 52.6 Å². The van der Waals surface area contributed by atoms with Gasteiger partial charge in [-0.05, 0) is 90.8 Å². The van der Waals surface area contributed by atoms with E-state index >= 15 is 0 Å². The SMILES string of the molecule is CNC(c1ccc(I)cc1)c1cc(Br)sc1Br. The highest BCUT2D eigenvalue weighted by atomic mass is 127. The van der Waals surface area contributed by atoms with Gasteiger partial charge in [0.2, 0.25) is 0 Å². The molecule has 0 aliphatic rings. The standard InChI is InChI=1S/C12H10Br2INS/c1-16-11(7-2-4-8(15)5-3-7)9-6-10(13)17-12(9)14/h2-6,11,16H,1H3. The second-order valence-corrected chi connectivity index (χ2v) is 8.55. The van der Waals surface area contributed by atoms with Gasteiger partial charge in [0.15, 0.2) is 0 Å². The molecule has 90 valence electrons. The molecular weight excluding hydrogens is 477 g/mol. The Balaban J connectivity index is 2.39. The topological polar surface area (TPSA) is 12.0 Å². The highest BCUT2D eigenvalue weighted by molar-refractivity contribution is 14.1. The maximum atomic E-state index is 3.62. The van der Waals surface area contributed by atoms with Crippen molar-refractivity contribution in [3.8, 4) is 0 Å². The van der Waals surface area contributed by atoms with Gasteiger partial charge in [-0.15, -0.1) is 11.3 Å². The summed E-state index contributed by atoms with van der Waals surface area (Å²) in [5.74, 6) is 0. The van der Waals surface area contributed by atoms with E-state index in [0.717, 1.165) is 3.79 Å². The van der Waals surface area contributed by atoms with E-state index in [1.54, 1.807) is 11.3 Å². The van der Waals surface area contributed by atoms with Gasteiger partial charge in [0.25, 0.3) is 0 Å². The summed E-state index contributed by atoms with van der Waals surface area (Å²) in [6, 6.07) is 11.0. The number of benzene rings is 1. The van der Waals surface area contributed by atoms with Gasteiger partial charge in [-0.1, -0.05) is 12.1 Å². The van der Waals surface area contributed by atoms with E-state index in [4.69, 9.17) is 0 Å². The Morgan fingerprint density at radius 3 is 2.35 bits per heavy atom. The Labute approximate surface area is 135 Å². The van der Waals surface area contributed by atoms with E-state index in [1.165, 1.54) is 18.5 Å². The van der Waals surface area contributed by atoms with Crippen LogP contribution >= 0.6 is 65.8 Å². The summed E-state index contributed by atoms with van der Waals surface area (Å²) < 4.78 is 3.57. The third-order valence-electron chi connectivity index (χ3n) is 2.49. The average Bonchev–Trinajstić information content (AvgIpc) is 2.62. The average molecular weight is 487 g/mol. The monoisotopic (exact) mass is 485 g/mol. The first-order chi connectivity index (χ1) is 8.11. The van der Waals surface area contributed by atoms with Crippen LogP contribution in [0.25, 0.3) is 0 Å². The van der Waals surface area contributed by atoms with Crippen LogP contribution in [0.15, 0.2) is 37.9 Å². The molecule has 1 heterocycles. The summed E-state index contributed by atoms with van der Waals surface area (Å²) in [6.45, 7) is 0. The van der Waals surface area contributed by atoms with Gasteiger partial charge in [-0.3, -0.25) is 0 Å². The lowest BCUT2D eigenvalue weighted by atomic mass is 10.0. The van der Waals surface area contributed by atoms with Crippen LogP contribution in [0.3, 0.4) is 0 Å². The number of halogens is 3. The minimum Gasteiger partial charge on any atom is -0.309 e. The third kappa shape index (κ3) is 3.32. The Morgan fingerprint density at radius 2 is 1.88 bits per heavy atom. The minimum absolute atomic E-state index is 0.226. The fourth-order valence-electron chi connectivity index (χ4n) is 1.71. The largest absolute Gasteiger partial charge is 0.309 e. The second kappa shape index (κ2) is 6.14. The second-order valence-electron chi connectivity index (χ2n) is 3.55. The first-order valence-corrected chi connectivity index (χ1v) is 8.47. The highest BCUT2D eigenvalue weighted by Crippen LogP contribution is 2.37. The van der Waals surface area contributed by atoms with Gasteiger partial charge in [-0.2, -0.15) is 0 Å². The summed E-state index contributed by atoms with van der Waals surface area (Å²) in [5.41, 5.74) is 2.55. The molecule has 1 aromatic heterocycles. The molecule has 0 radical (unpaired) electrons. The van der Waals surface area contributed by atoms with Crippen LogP contribution in [0.5, 0.6) is 0 Å². The molecule has 0 aliphatic heterocycles. The van der Waals surface area contributed by atoms with Crippen molar-refractivity contribution >= 4 is 65.8 Å². The molecule has 1 atom stereocenters. The van der Waals surface area contributed by atoms with Crippen LogP contribution in [-0.4, -0.2) is 7.05 Å². The van der Waals surface area contributed by atoms with Crippen LogP contribution in [0, 0.1) is 3.57 Å². The van der Waals surface area contributed by atoms with Crippen molar-refractivity contribution in [1.82, 2.24) is 5.32 Å². The molecule has 1 unspecified atom stereocenters. The molecule has 0 saturated carbocycles. The van der Waals surface area contributed by atoms with Crippen LogP contribution in [-0.2, 0) is 0 Å². The van der Waals surface area contributed by atoms with Crippen molar-refractivity contribution in [2.45, 2.75) is 6.04 Å². The third-order valence-corrected chi connectivity index (χ3v) is 5.59. The van der Waals surface area contributed by atoms with E-state index in [1.807, 2.05) is 7.05 Å². The van der Waals surface area contributed by atoms with Crippen LogP contribution in [0.1, 0.15) is 17.2 Å². The number of rotatable bonds is 3. The predicted molar refractivity (Wildman–Crippen MR) is 89.8 cm³/mol. The van der Waals surface area contributed by atoms with Gasteiger partial charge < -0.3 is 5.32 Å². The quantitative estimate of drug-likeness (QED) is 0.589. The van der Waals surface area contributed by atoms with Crippen molar-refractivity contribution in [1.29, 1.82) is 0 Å². The summed E-state index contributed by atoms with van der Waals surface area (Å²) in [5, 5.41) is 3.36. The number of thiophene rings is 1. The Bertz CT molecular complexity index is 510. The summed E-state index contributed by atoms with van der Waals surface area (Å²) >= 11 is 11.2. The van der Waals surface area contributed by atoms with Crippen molar-refractivity contribution < 1.29 is 0 Å². The molecule has 2 rings (SSSR count). The fourth-order valence-corrected chi connectivity index (χ4v) is 4.97. The Kier molecular flexibility index (Phi) is 5.06. The first kappa shape index (κ1) is 14.0. The molecule has 0 fully saturated rings. The van der Waals surface area contributed by atoms with Gasteiger partial charge in [0.05, 0.1) is 13.6 Å². The summed E-state index contributed by atoms with van der Waals surface area (Å²) in [4.78, 5) is 0. The maximum absolute atomic E-state index is 3.62. The molecule has 0 saturated heterocycles. The fraction of sp³-hybridized carbons (Fsp3) is 0.167. The first-order valence-electron chi connectivity index (χ1n) is 4.99. The number of hydrogen-bond donors (Lipinski definition) is 1. The van der Waals surface area contributed by atoms with Gasteiger partial charge in [-0.25, -0.2) is 0 Å². The summed E-state index contributed by atoms with van der Waals surface area (Å²) in [6.07, 6.45) is 0. The molecule has 0 amide bonds. The van der Waals surface area contributed by atoms with Crippen LogP contribution in [0.2, 0.25) is 0 Å². The highest BCUT2D eigenvalue weighted by Gasteiger charge is 2.17. The zero-order valence-electron chi connectivity index (χ0n) is 9.01. The molecule has 5 heteroatoms. The van der Waals surface area contributed by atoms with Crippen LogP contribution in [0.4, 0.5) is 0 Å². The number of nitrogens with one attached hydrogen (secondary N) is 1. The lowest BCUT2D eigenvalue weighted by molar-refractivity contribution is 0.691. The molecule has 1 nitrogen and oxygen atoms in total. The van der Waals surface area contributed by atoms with E-state index in [0.29, 0.717) is 0 Å². The Morgan fingerprint density at radius 1 is 1.24 bits per heavy atom. The smallest absolute Gasteiger partial charge is 0.0761 e. The Hall–Kier alpha value is 0.570. The zero-order valence-corrected chi connectivity index (χ0v) is 15.2. The van der Waals surface area contributed by atoms with Crippen molar-refractivity contribution in [2.75, 3.05) is 7.05 Å². The molecule has 2 aromatic rings. The van der Waals surface area contributed by atoms with Crippen molar-refractivity contribution in [2.24, 2.45) is 0 Å². The summed E-state index contributed by atoms with van der Waals surface area (Å²) in [7, 11) is 1.99. The molecule has 0 bridgehead atoms. The maximum Gasteiger partial charge on any atom is 0.0761 e. The number of hydrogen-bond acceptors (Lipinski definition) is 2. The molecule has 17 heavy (non-hydrogen) atoms. The van der Waals surface area contributed by atoms with E-state index in [2.05, 4.69) is 90.1 Å². The van der Waals surface area contributed by atoms with Gasteiger partial charge >= 0.3 is 0 Å². The molecule has 0 spiro atoms. The van der Waals surface area contributed by atoms with Gasteiger partial charge in [0, 0.05) is 3.57 Å². The van der Waals surface area contributed by atoms with Crippen molar-refractivity contribution in [3.63, 3.8) is 0 Å². The van der Waals surface area contributed by atoms with E-state index in [9.17, 15) is 0 Å². The molecule has 0 aliphatic carbocycles. The molecule has 1 aromatic carbocycles. The minimum atomic E-state index is 0.226. The van der Waals surface area contributed by atoms with Crippen LogP contribution < -0.4 is 5.32 Å². The lowest BCUT2D eigenvalue weighted by Crippen LogP contribution is -2.17. The lowest BCUT2D eigenvalue weighted by Gasteiger charge is -2.16. The normalized spacial score (nSPS) is 12.7. The predicted octanol–water partition coefficient (Wildman–Crippen LogP) is 5.19. The van der Waals surface area contributed by atoms with E-state index in [-0.39, 0.29) is 6.04 Å². The van der Waals surface area contributed by atoms with E-state index < -0.39 is 0 Å². The molecule has 1 N–H and O–H groups in total. The molecular formula is C12H10Br2INS. The van der Waals surface area contributed by atoms with Gasteiger partial charge in [0.1, 0.15) is 0 Å². The zero-order chi connectivity index (χ0) is 12.4.